The van der Waals surface area contributed by atoms with Gasteiger partial charge in [-0.05, 0) is 82.3 Å². The zero-order valence-electron chi connectivity index (χ0n) is 16.3. The number of nitrogens with zero attached hydrogens (tertiary/aromatic N) is 2. The Morgan fingerprint density at radius 1 is 1.19 bits per heavy atom. The van der Waals surface area contributed by atoms with Crippen LogP contribution in [0.2, 0.25) is 0 Å². The molecule has 0 aliphatic carbocycles. The van der Waals surface area contributed by atoms with Crippen LogP contribution >= 0.6 is 0 Å². The predicted molar refractivity (Wildman–Crippen MR) is 102 cm³/mol. The first-order valence-corrected chi connectivity index (χ1v) is 9.47. The second-order valence-corrected chi connectivity index (χ2v) is 7.39. The SMILES string of the molecule is COc1cc(C)c(-c2nc(CN3CCC(CCO)CC3)c(C)o2)cc1C. The van der Waals surface area contributed by atoms with Crippen LogP contribution in [0.15, 0.2) is 16.5 Å². The molecule has 0 unspecified atom stereocenters. The molecule has 0 radical (unpaired) electrons. The van der Waals surface area contributed by atoms with Crippen molar-refractivity contribution in [1.82, 2.24) is 9.88 Å². The van der Waals surface area contributed by atoms with Gasteiger partial charge in [0.15, 0.2) is 0 Å². The van der Waals surface area contributed by atoms with E-state index in [0.29, 0.717) is 18.4 Å². The highest BCUT2D eigenvalue weighted by molar-refractivity contribution is 5.62. The van der Waals surface area contributed by atoms with Gasteiger partial charge in [-0.3, -0.25) is 4.90 Å². The van der Waals surface area contributed by atoms with Gasteiger partial charge in [0.2, 0.25) is 5.89 Å². The smallest absolute Gasteiger partial charge is 0.226 e. The minimum atomic E-state index is 0.303. The summed E-state index contributed by atoms with van der Waals surface area (Å²) in [5.41, 5.74) is 4.23. The van der Waals surface area contributed by atoms with Crippen LogP contribution in [0.25, 0.3) is 11.5 Å². The van der Waals surface area contributed by atoms with Crippen molar-refractivity contribution >= 4 is 0 Å². The number of aryl methyl sites for hydroxylation is 3. The van der Waals surface area contributed by atoms with Crippen molar-refractivity contribution in [2.75, 3.05) is 26.8 Å². The molecule has 1 aromatic heterocycles. The normalized spacial score (nSPS) is 16.2. The van der Waals surface area contributed by atoms with Crippen LogP contribution in [0.5, 0.6) is 5.75 Å². The quantitative estimate of drug-likeness (QED) is 0.849. The first-order valence-electron chi connectivity index (χ1n) is 9.47. The number of hydrogen-bond acceptors (Lipinski definition) is 5. The topological polar surface area (TPSA) is 58.7 Å². The summed E-state index contributed by atoms with van der Waals surface area (Å²) in [6, 6.07) is 4.12. The molecule has 26 heavy (non-hydrogen) atoms. The Balaban J connectivity index is 1.73. The van der Waals surface area contributed by atoms with E-state index in [1.807, 2.05) is 19.9 Å². The molecule has 0 amide bonds. The largest absolute Gasteiger partial charge is 0.496 e. The van der Waals surface area contributed by atoms with Gasteiger partial charge in [0.25, 0.3) is 0 Å². The van der Waals surface area contributed by atoms with E-state index in [1.54, 1.807) is 7.11 Å². The van der Waals surface area contributed by atoms with Crippen molar-refractivity contribution in [3.63, 3.8) is 0 Å². The number of likely N-dealkylation sites (tertiary alicyclic amines) is 1. The van der Waals surface area contributed by atoms with Gasteiger partial charge >= 0.3 is 0 Å². The highest BCUT2D eigenvalue weighted by Gasteiger charge is 2.22. The highest BCUT2D eigenvalue weighted by Crippen LogP contribution is 2.31. The highest BCUT2D eigenvalue weighted by atomic mass is 16.5. The van der Waals surface area contributed by atoms with Gasteiger partial charge in [0, 0.05) is 18.7 Å². The summed E-state index contributed by atoms with van der Waals surface area (Å²) in [7, 11) is 1.69. The van der Waals surface area contributed by atoms with Crippen LogP contribution in [-0.4, -0.2) is 41.8 Å². The zero-order valence-corrected chi connectivity index (χ0v) is 16.3. The lowest BCUT2D eigenvalue weighted by molar-refractivity contribution is 0.152. The van der Waals surface area contributed by atoms with Gasteiger partial charge in [-0.1, -0.05) is 0 Å². The Bertz CT molecular complexity index is 746. The molecule has 5 nitrogen and oxygen atoms in total. The third kappa shape index (κ3) is 4.10. The van der Waals surface area contributed by atoms with Crippen molar-refractivity contribution in [1.29, 1.82) is 0 Å². The number of ether oxygens (including phenoxy) is 1. The Kier molecular flexibility index (Phi) is 5.99. The monoisotopic (exact) mass is 358 g/mol. The summed E-state index contributed by atoms with van der Waals surface area (Å²) >= 11 is 0. The van der Waals surface area contributed by atoms with Gasteiger partial charge in [-0.25, -0.2) is 4.98 Å². The minimum absolute atomic E-state index is 0.303. The van der Waals surface area contributed by atoms with Crippen molar-refractivity contribution < 1.29 is 14.3 Å². The Hall–Kier alpha value is -1.85. The number of methoxy groups -OCH3 is 1. The average molecular weight is 358 g/mol. The number of aromatic nitrogens is 1. The number of aliphatic hydroxyl groups is 1. The van der Waals surface area contributed by atoms with Crippen LogP contribution in [0.4, 0.5) is 0 Å². The number of rotatable bonds is 6. The maximum Gasteiger partial charge on any atom is 0.226 e. The molecule has 2 heterocycles. The zero-order chi connectivity index (χ0) is 18.7. The first kappa shape index (κ1) is 18.9. The molecule has 0 saturated carbocycles. The van der Waals surface area contributed by atoms with E-state index in [4.69, 9.17) is 19.2 Å². The van der Waals surface area contributed by atoms with E-state index < -0.39 is 0 Å². The molecule has 0 bridgehead atoms. The van der Waals surface area contributed by atoms with Crippen LogP contribution in [0.3, 0.4) is 0 Å². The van der Waals surface area contributed by atoms with E-state index >= 15 is 0 Å². The van der Waals surface area contributed by atoms with E-state index in [0.717, 1.165) is 72.8 Å². The van der Waals surface area contributed by atoms with Gasteiger partial charge in [0.05, 0.1) is 12.8 Å². The molecule has 3 rings (SSSR count). The van der Waals surface area contributed by atoms with E-state index in [1.165, 1.54) is 0 Å². The lowest BCUT2D eigenvalue weighted by Gasteiger charge is -2.31. The number of hydrogen-bond donors (Lipinski definition) is 1. The van der Waals surface area contributed by atoms with Crippen molar-refractivity contribution in [3.05, 3.63) is 34.7 Å². The van der Waals surface area contributed by atoms with Gasteiger partial charge < -0.3 is 14.3 Å². The predicted octanol–water partition coefficient (Wildman–Crippen LogP) is 3.87. The number of oxazole rings is 1. The van der Waals surface area contributed by atoms with Gasteiger partial charge in [-0.15, -0.1) is 0 Å². The molecule has 0 spiro atoms. The van der Waals surface area contributed by atoms with Crippen LogP contribution in [0.1, 0.15) is 41.8 Å². The lowest BCUT2D eigenvalue weighted by Crippen LogP contribution is -2.33. The van der Waals surface area contributed by atoms with E-state index in [2.05, 4.69) is 17.9 Å². The molecule has 2 aromatic rings. The number of benzene rings is 1. The Labute approximate surface area is 156 Å². The van der Waals surface area contributed by atoms with Crippen LogP contribution in [0, 0.1) is 26.7 Å². The summed E-state index contributed by atoms with van der Waals surface area (Å²) in [5, 5.41) is 9.10. The number of piperidine rings is 1. The molecule has 142 valence electrons. The maximum atomic E-state index is 9.10. The third-order valence-electron chi connectivity index (χ3n) is 5.48. The fraction of sp³-hybridized carbons (Fsp3) is 0.571. The van der Waals surface area contributed by atoms with Crippen LogP contribution < -0.4 is 4.74 Å². The second-order valence-electron chi connectivity index (χ2n) is 7.39. The minimum Gasteiger partial charge on any atom is -0.496 e. The molecular formula is C21H30N2O3. The van der Waals surface area contributed by atoms with Crippen molar-refractivity contribution in [2.24, 2.45) is 5.92 Å². The van der Waals surface area contributed by atoms with Gasteiger partial charge in [0.1, 0.15) is 11.5 Å². The Morgan fingerprint density at radius 3 is 2.58 bits per heavy atom. The first-order chi connectivity index (χ1) is 12.5. The lowest BCUT2D eigenvalue weighted by atomic mass is 9.94. The molecule has 1 saturated heterocycles. The summed E-state index contributed by atoms with van der Waals surface area (Å²) < 4.78 is 11.4. The van der Waals surface area contributed by atoms with Gasteiger partial charge in [-0.2, -0.15) is 0 Å². The summed E-state index contributed by atoms with van der Waals surface area (Å²) in [6.45, 7) is 9.35. The molecule has 0 atom stereocenters. The van der Waals surface area contributed by atoms with Crippen LogP contribution in [-0.2, 0) is 6.54 Å². The fourth-order valence-corrected chi connectivity index (χ4v) is 3.76. The summed E-state index contributed by atoms with van der Waals surface area (Å²) in [6.07, 6.45) is 3.24. The molecule has 5 heteroatoms. The molecule has 1 N–H and O–H groups in total. The second kappa shape index (κ2) is 8.23. The molecule has 1 aromatic carbocycles. The molecule has 1 aliphatic rings. The Morgan fingerprint density at radius 2 is 1.92 bits per heavy atom. The molecule has 1 fully saturated rings. The summed E-state index contributed by atoms with van der Waals surface area (Å²) in [4.78, 5) is 7.24. The van der Waals surface area contributed by atoms with Crippen molar-refractivity contribution in [2.45, 2.75) is 46.6 Å². The number of aliphatic hydroxyl groups excluding tert-OH is 1. The van der Waals surface area contributed by atoms with E-state index in [-0.39, 0.29) is 0 Å². The van der Waals surface area contributed by atoms with E-state index in [9.17, 15) is 0 Å². The maximum absolute atomic E-state index is 9.10. The fourth-order valence-electron chi connectivity index (χ4n) is 3.76. The summed E-state index contributed by atoms with van der Waals surface area (Å²) in [5.74, 6) is 3.14. The third-order valence-corrected chi connectivity index (χ3v) is 5.48. The average Bonchev–Trinajstić information content (AvgIpc) is 2.99. The van der Waals surface area contributed by atoms with Crippen molar-refractivity contribution in [3.8, 4) is 17.2 Å². The molecule has 1 aliphatic heterocycles. The molecular weight excluding hydrogens is 328 g/mol. The standard InChI is InChI=1S/C21H30N2O3/c1-14-12-20(25-4)15(2)11-18(14)21-22-19(16(3)26-21)13-23-8-5-17(6-9-23)7-10-24/h11-12,17,24H,5-10,13H2,1-4H3.